The molecule has 1 unspecified atom stereocenters. The summed E-state index contributed by atoms with van der Waals surface area (Å²) in [6.07, 6.45) is 5.27. The van der Waals surface area contributed by atoms with Crippen molar-refractivity contribution in [2.45, 2.75) is 57.7 Å². The molecule has 1 N–H and O–H groups in total. The summed E-state index contributed by atoms with van der Waals surface area (Å²) in [5, 5.41) is 4.29. The van der Waals surface area contributed by atoms with E-state index in [0.29, 0.717) is 32.7 Å². The molecule has 1 aliphatic rings. The van der Waals surface area contributed by atoms with Crippen molar-refractivity contribution in [1.29, 1.82) is 0 Å². The lowest BCUT2D eigenvalue weighted by molar-refractivity contribution is -0.140. The van der Waals surface area contributed by atoms with E-state index in [1.807, 2.05) is 6.92 Å². The zero-order chi connectivity index (χ0) is 26.5. The van der Waals surface area contributed by atoms with Gasteiger partial charge in [0.25, 0.3) is 0 Å². The largest absolute Gasteiger partial charge is 0.352 e. The van der Waals surface area contributed by atoms with Gasteiger partial charge in [-0.1, -0.05) is 60.6 Å². The van der Waals surface area contributed by atoms with Gasteiger partial charge in [0.1, 0.15) is 12.6 Å². The summed E-state index contributed by atoms with van der Waals surface area (Å²) in [5.74, 6) is -0.796. The van der Waals surface area contributed by atoms with Crippen LogP contribution in [0.5, 0.6) is 0 Å². The highest BCUT2D eigenvalue weighted by Crippen LogP contribution is 2.26. The highest BCUT2D eigenvalue weighted by atomic mass is 35.5. The second-order valence-corrected chi connectivity index (χ2v) is 12.1. The van der Waals surface area contributed by atoms with Crippen molar-refractivity contribution >= 4 is 62.3 Å². The van der Waals surface area contributed by atoms with Crippen LogP contribution in [-0.2, 0) is 26.2 Å². The number of halogens is 3. The molecular weight excluding hydrogens is 545 g/mol. The summed E-state index contributed by atoms with van der Waals surface area (Å²) in [6, 6.07) is 10.3. The summed E-state index contributed by atoms with van der Waals surface area (Å²) in [4.78, 5) is 28.4. The van der Waals surface area contributed by atoms with E-state index in [0.717, 1.165) is 36.2 Å². The Hall–Kier alpha value is -2.00. The number of hydrogen-bond acceptors (Lipinski definition) is 4. The molecule has 1 aliphatic carbocycles. The van der Waals surface area contributed by atoms with Crippen molar-refractivity contribution in [3.05, 3.63) is 63.1 Å². The van der Waals surface area contributed by atoms with Gasteiger partial charge in [0.2, 0.25) is 21.8 Å². The first-order valence-corrected chi connectivity index (χ1v) is 14.7. The lowest BCUT2D eigenvalue weighted by Gasteiger charge is -2.33. The molecule has 11 heteroatoms. The van der Waals surface area contributed by atoms with Crippen LogP contribution in [0.1, 0.15) is 44.6 Å². The predicted octanol–water partition coefficient (Wildman–Crippen LogP) is 5.28. The molecule has 0 aliphatic heterocycles. The molecule has 36 heavy (non-hydrogen) atoms. The van der Waals surface area contributed by atoms with Crippen LogP contribution in [0.2, 0.25) is 15.1 Å². The SMILES string of the molecule is CCC(C(=O)NC1CCCC1)N(Cc1ccc(Cl)cc1Cl)C(=O)CN(c1ccc(Cl)cc1)S(C)(=O)=O. The van der Waals surface area contributed by atoms with Crippen LogP contribution in [0.4, 0.5) is 5.69 Å². The lowest BCUT2D eigenvalue weighted by atomic mass is 10.1. The Kier molecular flexibility index (Phi) is 9.92. The molecule has 0 saturated heterocycles. The van der Waals surface area contributed by atoms with E-state index in [1.165, 1.54) is 17.0 Å². The Morgan fingerprint density at radius 3 is 2.19 bits per heavy atom. The van der Waals surface area contributed by atoms with Crippen LogP contribution < -0.4 is 9.62 Å². The maximum Gasteiger partial charge on any atom is 0.244 e. The van der Waals surface area contributed by atoms with Crippen molar-refractivity contribution in [2.24, 2.45) is 0 Å². The molecule has 2 amide bonds. The molecule has 0 bridgehead atoms. The zero-order valence-electron chi connectivity index (χ0n) is 20.2. The van der Waals surface area contributed by atoms with E-state index < -0.39 is 28.5 Å². The minimum atomic E-state index is -3.82. The van der Waals surface area contributed by atoms with E-state index >= 15 is 0 Å². The number of nitrogens with zero attached hydrogens (tertiary/aromatic N) is 2. The first-order valence-electron chi connectivity index (χ1n) is 11.8. The molecule has 3 rings (SSSR count). The summed E-state index contributed by atoms with van der Waals surface area (Å²) < 4.78 is 26.3. The number of nitrogens with one attached hydrogen (secondary N) is 1. The van der Waals surface area contributed by atoms with Crippen molar-refractivity contribution in [2.75, 3.05) is 17.1 Å². The van der Waals surface area contributed by atoms with E-state index in [9.17, 15) is 18.0 Å². The number of anilines is 1. The van der Waals surface area contributed by atoms with Gasteiger partial charge >= 0.3 is 0 Å². The van der Waals surface area contributed by atoms with Crippen molar-refractivity contribution < 1.29 is 18.0 Å². The van der Waals surface area contributed by atoms with E-state index in [1.54, 1.807) is 30.3 Å². The third-order valence-corrected chi connectivity index (χ3v) is 8.22. The number of carbonyl (C=O) groups is 2. The summed E-state index contributed by atoms with van der Waals surface area (Å²) in [5.41, 5.74) is 0.891. The van der Waals surface area contributed by atoms with Crippen LogP contribution in [0.25, 0.3) is 0 Å². The molecule has 0 heterocycles. The number of hydrogen-bond donors (Lipinski definition) is 1. The molecule has 7 nitrogen and oxygen atoms in total. The predicted molar refractivity (Wildman–Crippen MR) is 145 cm³/mol. The number of amides is 2. The van der Waals surface area contributed by atoms with E-state index in [2.05, 4.69) is 5.32 Å². The van der Waals surface area contributed by atoms with Gasteiger partial charge in [0, 0.05) is 27.7 Å². The second-order valence-electron chi connectivity index (χ2n) is 8.92. The van der Waals surface area contributed by atoms with Gasteiger partial charge in [-0.15, -0.1) is 0 Å². The number of benzene rings is 2. The average Bonchev–Trinajstić information content (AvgIpc) is 3.31. The summed E-state index contributed by atoms with van der Waals surface area (Å²) in [6.45, 7) is 1.35. The minimum Gasteiger partial charge on any atom is -0.352 e. The third kappa shape index (κ3) is 7.51. The first-order chi connectivity index (χ1) is 17.0. The zero-order valence-corrected chi connectivity index (χ0v) is 23.3. The lowest BCUT2D eigenvalue weighted by Crippen LogP contribution is -2.53. The van der Waals surface area contributed by atoms with Crippen LogP contribution in [0.15, 0.2) is 42.5 Å². The van der Waals surface area contributed by atoms with Gasteiger partial charge in [0.15, 0.2) is 0 Å². The quantitative estimate of drug-likeness (QED) is 0.418. The summed E-state index contributed by atoms with van der Waals surface area (Å²) >= 11 is 18.4. The minimum absolute atomic E-state index is 0.0175. The van der Waals surface area contributed by atoms with E-state index in [-0.39, 0.29) is 18.5 Å². The fourth-order valence-electron chi connectivity index (χ4n) is 4.34. The molecule has 0 spiro atoms. The Labute approximate surface area is 227 Å². The van der Waals surface area contributed by atoms with Gasteiger partial charge in [-0.3, -0.25) is 13.9 Å². The van der Waals surface area contributed by atoms with Crippen molar-refractivity contribution in [3.63, 3.8) is 0 Å². The molecule has 1 fully saturated rings. The molecule has 2 aromatic rings. The molecular formula is C25H30Cl3N3O4S. The topological polar surface area (TPSA) is 86.8 Å². The third-order valence-electron chi connectivity index (χ3n) is 6.24. The molecule has 0 radical (unpaired) electrons. The second kappa shape index (κ2) is 12.5. The Morgan fingerprint density at radius 2 is 1.64 bits per heavy atom. The van der Waals surface area contributed by atoms with E-state index in [4.69, 9.17) is 34.8 Å². The molecule has 196 valence electrons. The Bertz CT molecular complexity index is 1190. The van der Waals surface area contributed by atoms with Gasteiger partial charge < -0.3 is 10.2 Å². The molecule has 1 saturated carbocycles. The van der Waals surface area contributed by atoms with Crippen LogP contribution in [0, 0.1) is 0 Å². The van der Waals surface area contributed by atoms with Gasteiger partial charge in [-0.05, 0) is 61.2 Å². The van der Waals surface area contributed by atoms with Crippen LogP contribution in [0.3, 0.4) is 0 Å². The monoisotopic (exact) mass is 573 g/mol. The highest BCUT2D eigenvalue weighted by Gasteiger charge is 2.33. The maximum absolute atomic E-state index is 13.7. The van der Waals surface area contributed by atoms with Gasteiger partial charge in [0.05, 0.1) is 11.9 Å². The molecule has 2 aromatic carbocycles. The van der Waals surface area contributed by atoms with Crippen molar-refractivity contribution in [1.82, 2.24) is 10.2 Å². The number of carbonyl (C=O) groups excluding carboxylic acids is 2. The Morgan fingerprint density at radius 1 is 1.03 bits per heavy atom. The fourth-order valence-corrected chi connectivity index (χ4v) is 5.79. The van der Waals surface area contributed by atoms with Gasteiger partial charge in [-0.25, -0.2) is 8.42 Å². The number of rotatable bonds is 10. The smallest absolute Gasteiger partial charge is 0.244 e. The average molecular weight is 575 g/mol. The Balaban J connectivity index is 1.94. The normalized spacial score (nSPS) is 14.9. The highest BCUT2D eigenvalue weighted by molar-refractivity contribution is 7.92. The van der Waals surface area contributed by atoms with Crippen LogP contribution >= 0.6 is 34.8 Å². The molecule has 0 aromatic heterocycles. The standard InChI is InChI=1S/C25H30Cl3N3O4S/c1-3-23(25(33)29-20-6-4-5-7-20)30(15-17-8-9-19(27)14-22(17)28)24(32)16-31(36(2,34)35)21-12-10-18(26)11-13-21/h8-14,20,23H,3-7,15-16H2,1-2H3,(H,29,33). The summed E-state index contributed by atoms with van der Waals surface area (Å²) in [7, 11) is -3.82. The fraction of sp³-hybridized carbons (Fsp3) is 0.440. The maximum atomic E-state index is 13.7. The molecule has 1 atom stereocenters. The van der Waals surface area contributed by atoms with Crippen LogP contribution in [-0.4, -0.2) is 50.0 Å². The first kappa shape index (κ1) is 28.6. The van der Waals surface area contributed by atoms with Crippen molar-refractivity contribution in [3.8, 4) is 0 Å². The van der Waals surface area contributed by atoms with Gasteiger partial charge in [-0.2, -0.15) is 0 Å². The number of sulfonamides is 1.